The van der Waals surface area contributed by atoms with Crippen molar-refractivity contribution in [3.05, 3.63) is 51.6 Å². The van der Waals surface area contributed by atoms with Gasteiger partial charge < -0.3 is 45.5 Å². The van der Waals surface area contributed by atoms with Crippen molar-refractivity contribution in [3.63, 3.8) is 0 Å². The maximum absolute atomic E-state index is 13.6. The molecule has 2 aliphatic carbocycles. The van der Waals surface area contributed by atoms with Crippen LogP contribution >= 0.6 is 12.4 Å². The number of methoxy groups -OCH3 is 1. The summed E-state index contributed by atoms with van der Waals surface area (Å²) in [6.45, 7) is 3.20. The lowest BCUT2D eigenvalue weighted by molar-refractivity contribution is -0.249. The molecule has 0 aromatic heterocycles. The number of benzene rings is 2. The van der Waals surface area contributed by atoms with Crippen LogP contribution < -0.4 is 5.73 Å². The third-order valence-corrected chi connectivity index (χ3v) is 8.29. The highest BCUT2D eigenvalue weighted by molar-refractivity contribution is 6.31. The zero-order chi connectivity index (χ0) is 29.3. The number of hydrogen-bond donors (Lipinski definition) is 6. The lowest BCUT2D eigenvalue weighted by atomic mass is 9.66. The maximum Gasteiger partial charge on any atom is 0.316 e. The molecule has 7 N–H and O–H groups in total. The van der Waals surface area contributed by atoms with E-state index in [-0.39, 0.29) is 53.9 Å². The topological polar surface area (TPSA) is 206 Å². The van der Waals surface area contributed by atoms with Crippen LogP contribution in [0.1, 0.15) is 88.1 Å². The summed E-state index contributed by atoms with van der Waals surface area (Å²) < 4.78 is 16.8. The highest BCUT2D eigenvalue weighted by Gasteiger charge is 2.54. The largest absolute Gasteiger partial charge is 0.507 e. The molecule has 1 saturated heterocycles. The lowest BCUT2D eigenvalue weighted by Crippen LogP contribution is -2.52. The summed E-state index contributed by atoms with van der Waals surface area (Å²) in [4.78, 5) is 40.2. The van der Waals surface area contributed by atoms with E-state index < -0.39 is 88.1 Å². The Morgan fingerprint density at radius 1 is 1.10 bits per heavy atom. The zero-order valence-electron chi connectivity index (χ0n) is 22.5. The number of carbonyl (C=O) groups is 3. The lowest BCUT2D eigenvalue weighted by Gasteiger charge is -2.45. The number of esters is 1. The number of phenols is 3. The zero-order valence-corrected chi connectivity index (χ0v) is 23.3. The van der Waals surface area contributed by atoms with Crippen molar-refractivity contribution in [1.82, 2.24) is 0 Å². The number of halogens is 1. The SMILES string of the molecule is CC[C@@]1(O)C[C@H](OC2CC(N)C(O)C(C)O2)c2c(O)c3c(c(O)c2[C@H]1C(=O)OC)C(=O)c1cccc(O)c1C3=O.Cl. The molecule has 1 heterocycles. The van der Waals surface area contributed by atoms with E-state index in [1.54, 1.807) is 13.8 Å². The highest BCUT2D eigenvalue weighted by atomic mass is 35.5. The van der Waals surface area contributed by atoms with E-state index in [0.29, 0.717) is 0 Å². The third kappa shape index (κ3) is 4.55. The quantitative estimate of drug-likeness (QED) is 0.189. The molecule has 1 aliphatic heterocycles. The number of nitrogens with two attached hydrogens (primary N) is 1. The Morgan fingerprint density at radius 3 is 2.34 bits per heavy atom. The van der Waals surface area contributed by atoms with Gasteiger partial charge in [0.1, 0.15) is 23.2 Å². The predicted octanol–water partition coefficient (Wildman–Crippen LogP) is 1.68. The third-order valence-electron chi connectivity index (χ3n) is 8.29. The van der Waals surface area contributed by atoms with E-state index in [9.17, 15) is 39.9 Å². The van der Waals surface area contributed by atoms with Crippen LogP contribution in [0.5, 0.6) is 17.2 Å². The van der Waals surface area contributed by atoms with Crippen molar-refractivity contribution >= 4 is 29.9 Å². The van der Waals surface area contributed by atoms with Gasteiger partial charge in [0.2, 0.25) is 5.78 Å². The molecule has 0 bridgehead atoms. The Labute approximate surface area is 241 Å². The van der Waals surface area contributed by atoms with Gasteiger partial charge in [-0.2, -0.15) is 0 Å². The van der Waals surface area contributed by atoms with Gasteiger partial charge >= 0.3 is 5.97 Å². The monoisotopic (exact) mass is 593 g/mol. The number of aliphatic hydroxyl groups excluding tert-OH is 1. The molecule has 222 valence electrons. The second kappa shape index (κ2) is 10.9. The number of aliphatic hydroxyl groups is 2. The first-order valence-electron chi connectivity index (χ1n) is 12.9. The molecule has 2 aromatic carbocycles. The van der Waals surface area contributed by atoms with E-state index in [2.05, 4.69) is 0 Å². The van der Waals surface area contributed by atoms with Crippen LogP contribution in [0.2, 0.25) is 0 Å². The molecule has 4 unspecified atom stereocenters. The number of aromatic hydroxyl groups is 3. The average molecular weight is 594 g/mol. The number of hydrogen-bond acceptors (Lipinski definition) is 12. The van der Waals surface area contributed by atoms with Crippen LogP contribution in [-0.4, -0.2) is 80.3 Å². The number of fused-ring (bicyclic) bond motifs is 3. The molecular formula is C28H32ClNO11. The second-order valence-electron chi connectivity index (χ2n) is 10.5. The summed E-state index contributed by atoms with van der Waals surface area (Å²) in [5.74, 6) is -6.33. The molecule has 12 nitrogen and oxygen atoms in total. The number of rotatable bonds is 4. The first kappa shape index (κ1) is 30.7. The number of carbonyl (C=O) groups excluding carboxylic acids is 3. The first-order valence-corrected chi connectivity index (χ1v) is 12.9. The molecule has 2 aromatic rings. The summed E-state index contributed by atoms with van der Waals surface area (Å²) in [6, 6.07) is 3.14. The fraction of sp³-hybridized carbons (Fsp3) is 0.464. The summed E-state index contributed by atoms with van der Waals surface area (Å²) in [5, 5.41) is 55.4. The Morgan fingerprint density at radius 2 is 1.73 bits per heavy atom. The summed E-state index contributed by atoms with van der Waals surface area (Å²) in [6.07, 6.45) is -4.24. The Bertz CT molecular complexity index is 1420. The smallest absolute Gasteiger partial charge is 0.316 e. The van der Waals surface area contributed by atoms with Gasteiger partial charge in [0, 0.05) is 35.6 Å². The maximum atomic E-state index is 13.6. The standard InChI is InChI=1S/C28H31NO11.ClH/c1-4-28(37)9-14(40-15-8-12(29)22(31)10(2)39-15)17-18(21(28)27(36)38-3)26(35)19-20(25(17)34)24(33)16-11(23(19)32)6-5-7-13(16)30;/h5-7,10,12,14-15,21-22,30-31,34-35,37H,4,8-9,29H2,1-3H3;1H/t10?,12?,14-,15?,21-,22?,28+;/m0./s1. The van der Waals surface area contributed by atoms with E-state index in [1.807, 2.05) is 0 Å². The summed E-state index contributed by atoms with van der Waals surface area (Å²) in [5.41, 5.74) is 1.96. The number of ketones is 2. The number of phenolic OH excluding ortho intramolecular Hbond substituents is 3. The summed E-state index contributed by atoms with van der Waals surface area (Å²) in [7, 11) is 1.09. The van der Waals surface area contributed by atoms with Crippen LogP contribution in [0, 0.1) is 0 Å². The van der Waals surface area contributed by atoms with Crippen molar-refractivity contribution in [2.24, 2.45) is 5.73 Å². The molecule has 1 fully saturated rings. The van der Waals surface area contributed by atoms with Crippen molar-refractivity contribution < 1.29 is 54.1 Å². The van der Waals surface area contributed by atoms with Crippen LogP contribution in [0.4, 0.5) is 0 Å². The Hall–Kier alpha value is -3.26. The van der Waals surface area contributed by atoms with Crippen molar-refractivity contribution in [2.75, 3.05) is 7.11 Å². The fourth-order valence-corrected chi connectivity index (χ4v) is 6.13. The molecule has 0 spiro atoms. The van der Waals surface area contributed by atoms with Gasteiger partial charge in [-0.3, -0.25) is 14.4 Å². The van der Waals surface area contributed by atoms with Gasteiger partial charge in [0.15, 0.2) is 12.1 Å². The molecule has 41 heavy (non-hydrogen) atoms. The van der Waals surface area contributed by atoms with E-state index >= 15 is 0 Å². The minimum absolute atomic E-state index is 0. The summed E-state index contributed by atoms with van der Waals surface area (Å²) >= 11 is 0. The van der Waals surface area contributed by atoms with E-state index in [1.165, 1.54) is 18.2 Å². The van der Waals surface area contributed by atoms with Crippen LogP contribution in [0.15, 0.2) is 18.2 Å². The van der Waals surface area contributed by atoms with Crippen molar-refractivity contribution in [2.45, 2.75) is 75.3 Å². The molecule has 0 saturated carbocycles. The second-order valence-corrected chi connectivity index (χ2v) is 10.5. The van der Waals surface area contributed by atoms with Gasteiger partial charge in [-0.1, -0.05) is 19.1 Å². The van der Waals surface area contributed by atoms with Gasteiger partial charge in [0.25, 0.3) is 0 Å². The number of ether oxygens (including phenoxy) is 3. The minimum Gasteiger partial charge on any atom is -0.507 e. The fourth-order valence-electron chi connectivity index (χ4n) is 6.13. The molecule has 3 aliphatic rings. The molecular weight excluding hydrogens is 562 g/mol. The van der Waals surface area contributed by atoms with Gasteiger partial charge in [0.05, 0.1) is 47.7 Å². The van der Waals surface area contributed by atoms with Crippen molar-refractivity contribution in [3.8, 4) is 17.2 Å². The molecule has 0 amide bonds. The average Bonchev–Trinajstić information content (AvgIpc) is 2.91. The van der Waals surface area contributed by atoms with Crippen molar-refractivity contribution in [1.29, 1.82) is 0 Å². The molecule has 13 heteroatoms. The molecule has 5 rings (SSSR count). The van der Waals surface area contributed by atoms with Crippen LogP contribution in [-0.2, 0) is 19.0 Å². The van der Waals surface area contributed by atoms with Crippen LogP contribution in [0.3, 0.4) is 0 Å². The molecule has 7 atom stereocenters. The normalized spacial score (nSPS) is 30.5. The predicted molar refractivity (Wildman–Crippen MR) is 143 cm³/mol. The van der Waals surface area contributed by atoms with Gasteiger partial charge in [-0.25, -0.2) is 0 Å². The minimum atomic E-state index is -1.87. The highest BCUT2D eigenvalue weighted by Crippen LogP contribution is 2.57. The van der Waals surface area contributed by atoms with Gasteiger partial charge in [-0.05, 0) is 19.4 Å². The van der Waals surface area contributed by atoms with E-state index in [4.69, 9.17) is 19.9 Å². The molecule has 0 radical (unpaired) electrons. The first-order chi connectivity index (χ1) is 18.9. The Kier molecular flexibility index (Phi) is 8.13. The van der Waals surface area contributed by atoms with E-state index in [0.717, 1.165) is 7.11 Å². The van der Waals surface area contributed by atoms with Crippen LogP contribution in [0.25, 0.3) is 0 Å². The Balaban J connectivity index is 0.00000387. The van der Waals surface area contributed by atoms with Gasteiger partial charge in [-0.15, -0.1) is 12.4 Å².